The number of ketones is 1. The maximum Gasteiger partial charge on any atom is 0.156 e. The predicted octanol–water partition coefficient (Wildman–Crippen LogP) is 3.48. The van der Waals surface area contributed by atoms with Crippen molar-refractivity contribution < 1.29 is 9.90 Å². The SMILES string of the molecule is CC(=O)/C=C(\O)c1cccc(Cl)c1Cl. The van der Waals surface area contributed by atoms with Crippen LogP contribution >= 0.6 is 23.2 Å². The number of rotatable bonds is 2. The maximum atomic E-state index is 10.7. The van der Waals surface area contributed by atoms with Crippen molar-refractivity contribution in [2.45, 2.75) is 6.92 Å². The van der Waals surface area contributed by atoms with E-state index in [0.29, 0.717) is 10.6 Å². The molecular weight excluding hydrogens is 223 g/mol. The molecular formula is C10H8Cl2O2. The predicted molar refractivity (Wildman–Crippen MR) is 57.7 cm³/mol. The van der Waals surface area contributed by atoms with E-state index in [1.54, 1.807) is 18.2 Å². The molecule has 0 spiro atoms. The van der Waals surface area contributed by atoms with Gasteiger partial charge in [-0.25, -0.2) is 0 Å². The highest BCUT2D eigenvalue weighted by molar-refractivity contribution is 6.43. The zero-order valence-electron chi connectivity index (χ0n) is 7.42. The molecule has 1 rings (SSSR count). The Bertz CT molecular complexity index is 397. The van der Waals surface area contributed by atoms with Gasteiger partial charge in [0.15, 0.2) is 5.78 Å². The topological polar surface area (TPSA) is 37.3 Å². The second-order valence-corrected chi connectivity index (χ2v) is 3.53. The van der Waals surface area contributed by atoms with E-state index in [4.69, 9.17) is 23.2 Å². The molecule has 0 aliphatic carbocycles. The molecule has 0 aliphatic heterocycles. The lowest BCUT2D eigenvalue weighted by Crippen LogP contribution is -1.90. The van der Waals surface area contributed by atoms with Crippen LogP contribution in [0.1, 0.15) is 12.5 Å². The van der Waals surface area contributed by atoms with Crippen molar-refractivity contribution in [3.05, 3.63) is 39.9 Å². The van der Waals surface area contributed by atoms with Gasteiger partial charge in [0.2, 0.25) is 0 Å². The summed E-state index contributed by atoms with van der Waals surface area (Å²) >= 11 is 11.6. The zero-order chi connectivity index (χ0) is 10.7. The van der Waals surface area contributed by atoms with Crippen molar-refractivity contribution in [1.29, 1.82) is 0 Å². The van der Waals surface area contributed by atoms with Gasteiger partial charge >= 0.3 is 0 Å². The first-order valence-electron chi connectivity index (χ1n) is 3.88. The molecule has 0 unspecified atom stereocenters. The molecule has 4 heteroatoms. The molecule has 0 saturated carbocycles. The summed E-state index contributed by atoms with van der Waals surface area (Å²) in [4.78, 5) is 10.7. The lowest BCUT2D eigenvalue weighted by atomic mass is 10.1. The van der Waals surface area contributed by atoms with Crippen LogP contribution in [0.4, 0.5) is 0 Å². The highest BCUT2D eigenvalue weighted by Crippen LogP contribution is 2.29. The van der Waals surface area contributed by atoms with Crippen LogP contribution < -0.4 is 0 Å². The lowest BCUT2D eigenvalue weighted by molar-refractivity contribution is -0.112. The van der Waals surface area contributed by atoms with Crippen LogP contribution in [0.5, 0.6) is 0 Å². The van der Waals surface area contributed by atoms with Gasteiger partial charge in [0.25, 0.3) is 0 Å². The molecule has 1 aromatic carbocycles. The van der Waals surface area contributed by atoms with E-state index in [1.807, 2.05) is 0 Å². The summed E-state index contributed by atoms with van der Waals surface area (Å²) < 4.78 is 0. The second-order valence-electron chi connectivity index (χ2n) is 2.74. The Balaban J connectivity index is 3.20. The van der Waals surface area contributed by atoms with Gasteiger partial charge in [-0.2, -0.15) is 0 Å². The Morgan fingerprint density at radius 2 is 2.07 bits per heavy atom. The molecule has 0 radical (unpaired) electrons. The minimum atomic E-state index is -0.251. The van der Waals surface area contributed by atoms with E-state index in [9.17, 15) is 9.90 Å². The highest BCUT2D eigenvalue weighted by Gasteiger charge is 2.08. The minimum absolute atomic E-state index is 0.176. The Morgan fingerprint density at radius 1 is 1.43 bits per heavy atom. The number of benzene rings is 1. The fraction of sp³-hybridized carbons (Fsp3) is 0.100. The normalized spacial score (nSPS) is 11.5. The minimum Gasteiger partial charge on any atom is -0.507 e. The molecule has 0 bridgehead atoms. The molecule has 0 fully saturated rings. The number of aliphatic hydroxyl groups excluding tert-OH is 1. The van der Waals surface area contributed by atoms with E-state index in [0.717, 1.165) is 6.08 Å². The van der Waals surface area contributed by atoms with Gasteiger partial charge in [0, 0.05) is 11.6 Å². The van der Waals surface area contributed by atoms with Crippen LogP contribution in [-0.4, -0.2) is 10.9 Å². The molecule has 74 valence electrons. The van der Waals surface area contributed by atoms with Crippen LogP contribution in [0, 0.1) is 0 Å². The second kappa shape index (κ2) is 4.49. The number of hydrogen-bond acceptors (Lipinski definition) is 2. The van der Waals surface area contributed by atoms with Crippen LogP contribution in [0.25, 0.3) is 5.76 Å². The van der Waals surface area contributed by atoms with Crippen molar-refractivity contribution in [2.24, 2.45) is 0 Å². The molecule has 14 heavy (non-hydrogen) atoms. The van der Waals surface area contributed by atoms with Gasteiger partial charge in [-0.1, -0.05) is 29.3 Å². The van der Waals surface area contributed by atoms with Gasteiger partial charge in [-0.05, 0) is 19.1 Å². The van der Waals surface area contributed by atoms with Crippen LogP contribution in [0.3, 0.4) is 0 Å². The quantitative estimate of drug-likeness (QED) is 0.624. The fourth-order valence-electron chi connectivity index (χ4n) is 0.972. The Morgan fingerprint density at radius 3 is 2.64 bits per heavy atom. The number of carbonyl (C=O) groups excluding carboxylic acids is 1. The van der Waals surface area contributed by atoms with Crippen molar-refractivity contribution in [3.63, 3.8) is 0 Å². The number of aliphatic hydroxyl groups is 1. The van der Waals surface area contributed by atoms with Crippen molar-refractivity contribution in [3.8, 4) is 0 Å². The molecule has 0 atom stereocenters. The van der Waals surface area contributed by atoms with Crippen LogP contribution in [0.2, 0.25) is 10.0 Å². The Hall–Kier alpha value is -0.990. The first-order valence-corrected chi connectivity index (χ1v) is 4.63. The summed E-state index contributed by atoms with van der Waals surface area (Å²) in [5.74, 6) is -0.427. The number of allylic oxidation sites excluding steroid dienone is 1. The molecule has 0 heterocycles. The van der Waals surface area contributed by atoms with Gasteiger partial charge in [0.1, 0.15) is 5.76 Å². The third-order valence-electron chi connectivity index (χ3n) is 1.57. The summed E-state index contributed by atoms with van der Waals surface area (Å²) in [7, 11) is 0. The van der Waals surface area contributed by atoms with Crippen molar-refractivity contribution in [2.75, 3.05) is 0 Å². The average Bonchev–Trinajstić information content (AvgIpc) is 2.08. The highest BCUT2D eigenvalue weighted by atomic mass is 35.5. The first-order chi connectivity index (χ1) is 6.52. The van der Waals surface area contributed by atoms with Crippen molar-refractivity contribution in [1.82, 2.24) is 0 Å². The van der Waals surface area contributed by atoms with E-state index in [1.165, 1.54) is 6.92 Å². The molecule has 0 amide bonds. The fourth-order valence-corrected chi connectivity index (χ4v) is 1.37. The molecule has 1 aromatic rings. The molecule has 0 aliphatic rings. The molecule has 0 aromatic heterocycles. The molecule has 1 N–H and O–H groups in total. The third kappa shape index (κ3) is 2.50. The Labute approximate surface area is 91.8 Å². The van der Waals surface area contributed by atoms with E-state index < -0.39 is 0 Å². The third-order valence-corrected chi connectivity index (χ3v) is 2.39. The maximum absolute atomic E-state index is 10.7. The number of hydrogen-bond donors (Lipinski definition) is 1. The van der Waals surface area contributed by atoms with Gasteiger partial charge in [-0.15, -0.1) is 0 Å². The number of halogens is 2. The summed E-state index contributed by atoms with van der Waals surface area (Å²) in [5, 5.41) is 10.1. The summed E-state index contributed by atoms with van der Waals surface area (Å²) in [6.45, 7) is 1.34. The van der Waals surface area contributed by atoms with Crippen LogP contribution in [-0.2, 0) is 4.79 Å². The Kier molecular flexibility index (Phi) is 3.55. The largest absolute Gasteiger partial charge is 0.507 e. The monoisotopic (exact) mass is 230 g/mol. The van der Waals surface area contributed by atoms with E-state index >= 15 is 0 Å². The summed E-state index contributed by atoms with van der Waals surface area (Å²) in [6, 6.07) is 4.84. The van der Waals surface area contributed by atoms with E-state index in [-0.39, 0.29) is 16.6 Å². The molecule has 0 saturated heterocycles. The lowest BCUT2D eigenvalue weighted by Gasteiger charge is -2.03. The van der Waals surface area contributed by atoms with Gasteiger partial charge < -0.3 is 5.11 Å². The summed E-state index contributed by atoms with van der Waals surface area (Å²) in [6.07, 6.45) is 1.09. The first kappa shape index (κ1) is 11.1. The standard InChI is InChI=1S/C10H8Cl2O2/c1-6(13)5-9(14)7-3-2-4-8(11)10(7)12/h2-5,14H,1H3/b9-5-. The zero-order valence-corrected chi connectivity index (χ0v) is 8.93. The van der Waals surface area contributed by atoms with Crippen LogP contribution in [0.15, 0.2) is 24.3 Å². The van der Waals surface area contributed by atoms with Gasteiger partial charge in [0.05, 0.1) is 10.0 Å². The van der Waals surface area contributed by atoms with E-state index in [2.05, 4.69) is 0 Å². The van der Waals surface area contributed by atoms with Crippen molar-refractivity contribution >= 4 is 34.7 Å². The summed E-state index contributed by atoms with van der Waals surface area (Å²) in [5.41, 5.74) is 0.356. The van der Waals surface area contributed by atoms with Gasteiger partial charge in [-0.3, -0.25) is 4.79 Å². The number of carbonyl (C=O) groups is 1. The average molecular weight is 231 g/mol. The smallest absolute Gasteiger partial charge is 0.156 e. The molecule has 2 nitrogen and oxygen atoms in total.